The van der Waals surface area contributed by atoms with Crippen molar-refractivity contribution in [3.63, 3.8) is 0 Å². The summed E-state index contributed by atoms with van der Waals surface area (Å²) in [6.07, 6.45) is 1.20. The van der Waals surface area contributed by atoms with Crippen LogP contribution in [0.3, 0.4) is 0 Å². The van der Waals surface area contributed by atoms with E-state index in [1.54, 1.807) is 0 Å². The molecule has 0 saturated carbocycles. The molecule has 0 saturated heterocycles. The SMILES string of the molecule is CNCC(C)N1CCc2ccccc2C1. The van der Waals surface area contributed by atoms with Gasteiger partial charge in [0.25, 0.3) is 0 Å². The van der Waals surface area contributed by atoms with Crippen LogP contribution in [-0.4, -0.2) is 31.1 Å². The van der Waals surface area contributed by atoms with Crippen molar-refractivity contribution in [1.29, 1.82) is 0 Å². The molecular formula is C13H20N2. The van der Waals surface area contributed by atoms with Gasteiger partial charge in [-0.1, -0.05) is 24.3 Å². The second-order valence-electron chi connectivity index (χ2n) is 4.40. The van der Waals surface area contributed by atoms with Crippen LogP contribution in [0.5, 0.6) is 0 Å². The van der Waals surface area contributed by atoms with E-state index >= 15 is 0 Å². The molecule has 0 fully saturated rings. The number of fused-ring (bicyclic) bond motifs is 1. The van der Waals surface area contributed by atoms with E-state index in [1.165, 1.54) is 24.1 Å². The molecular weight excluding hydrogens is 184 g/mol. The third-order valence-electron chi connectivity index (χ3n) is 3.28. The maximum atomic E-state index is 3.25. The molecule has 2 heteroatoms. The van der Waals surface area contributed by atoms with Gasteiger partial charge in [0.15, 0.2) is 0 Å². The van der Waals surface area contributed by atoms with Gasteiger partial charge in [-0.2, -0.15) is 0 Å². The van der Waals surface area contributed by atoms with Gasteiger partial charge in [0.05, 0.1) is 0 Å². The molecule has 1 heterocycles. The number of likely N-dealkylation sites (N-methyl/N-ethyl adjacent to an activating group) is 1. The molecule has 2 nitrogen and oxygen atoms in total. The molecule has 2 rings (SSSR count). The topological polar surface area (TPSA) is 15.3 Å². The smallest absolute Gasteiger partial charge is 0.0239 e. The Hall–Kier alpha value is -0.860. The number of nitrogens with zero attached hydrogens (tertiary/aromatic N) is 1. The number of rotatable bonds is 3. The molecule has 0 spiro atoms. The summed E-state index contributed by atoms with van der Waals surface area (Å²) in [5.41, 5.74) is 3.04. The first-order valence-electron chi connectivity index (χ1n) is 5.76. The summed E-state index contributed by atoms with van der Waals surface area (Å²) in [6, 6.07) is 9.43. The maximum absolute atomic E-state index is 3.25. The van der Waals surface area contributed by atoms with Crippen molar-refractivity contribution in [3.8, 4) is 0 Å². The minimum Gasteiger partial charge on any atom is -0.318 e. The summed E-state index contributed by atoms with van der Waals surface area (Å²) in [6.45, 7) is 5.67. The Morgan fingerprint density at radius 3 is 2.80 bits per heavy atom. The molecule has 1 aromatic rings. The van der Waals surface area contributed by atoms with Crippen molar-refractivity contribution in [2.45, 2.75) is 25.9 Å². The van der Waals surface area contributed by atoms with Gasteiger partial charge < -0.3 is 5.32 Å². The summed E-state index contributed by atoms with van der Waals surface area (Å²) >= 11 is 0. The van der Waals surface area contributed by atoms with Crippen LogP contribution in [0.1, 0.15) is 18.1 Å². The fourth-order valence-electron chi connectivity index (χ4n) is 2.32. The normalized spacial score (nSPS) is 18.5. The molecule has 0 radical (unpaired) electrons. The van der Waals surface area contributed by atoms with Crippen LogP contribution in [-0.2, 0) is 13.0 Å². The summed E-state index contributed by atoms with van der Waals surface area (Å²) in [4.78, 5) is 2.55. The van der Waals surface area contributed by atoms with Crippen LogP contribution in [0.2, 0.25) is 0 Å². The van der Waals surface area contributed by atoms with Gasteiger partial charge in [-0.3, -0.25) is 4.90 Å². The van der Waals surface area contributed by atoms with E-state index in [0.29, 0.717) is 6.04 Å². The highest BCUT2D eigenvalue weighted by Gasteiger charge is 2.19. The molecule has 1 aliphatic rings. The van der Waals surface area contributed by atoms with Crippen LogP contribution in [0, 0.1) is 0 Å². The molecule has 1 atom stereocenters. The lowest BCUT2D eigenvalue weighted by Gasteiger charge is -2.33. The van der Waals surface area contributed by atoms with Crippen LogP contribution >= 0.6 is 0 Å². The Kier molecular flexibility index (Phi) is 3.39. The average Bonchev–Trinajstić information content (AvgIpc) is 2.29. The molecule has 0 aliphatic carbocycles. The van der Waals surface area contributed by atoms with Gasteiger partial charge in [0, 0.05) is 25.7 Å². The van der Waals surface area contributed by atoms with E-state index in [-0.39, 0.29) is 0 Å². The highest BCUT2D eigenvalue weighted by molar-refractivity contribution is 5.29. The molecule has 1 unspecified atom stereocenters. The number of hydrogen-bond acceptors (Lipinski definition) is 2. The Morgan fingerprint density at radius 2 is 2.07 bits per heavy atom. The molecule has 15 heavy (non-hydrogen) atoms. The summed E-state index contributed by atoms with van der Waals surface area (Å²) in [5.74, 6) is 0. The first-order chi connectivity index (χ1) is 7.31. The van der Waals surface area contributed by atoms with Gasteiger partial charge in [0.1, 0.15) is 0 Å². The number of hydrogen-bond donors (Lipinski definition) is 1. The Labute approximate surface area is 92.3 Å². The van der Waals surface area contributed by atoms with Gasteiger partial charge >= 0.3 is 0 Å². The lowest BCUT2D eigenvalue weighted by molar-refractivity contribution is 0.189. The molecule has 1 aromatic carbocycles. The van der Waals surface area contributed by atoms with Crippen molar-refractivity contribution < 1.29 is 0 Å². The number of benzene rings is 1. The maximum Gasteiger partial charge on any atom is 0.0239 e. The average molecular weight is 204 g/mol. The number of nitrogens with one attached hydrogen (secondary N) is 1. The van der Waals surface area contributed by atoms with Crippen molar-refractivity contribution in [1.82, 2.24) is 10.2 Å². The van der Waals surface area contributed by atoms with Gasteiger partial charge in [-0.15, -0.1) is 0 Å². The molecule has 0 bridgehead atoms. The van der Waals surface area contributed by atoms with Crippen LogP contribution < -0.4 is 5.32 Å². The zero-order valence-corrected chi connectivity index (χ0v) is 9.66. The van der Waals surface area contributed by atoms with E-state index in [0.717, 1.165) is 13.1 Å². The van der Waals surface area contributed by atoms with Crippen molar-refractivity contribution >= 4 is 0 Å². The van der Waals surface area contributed by atoms with Crippen LogP contribution in [0.15, 0.2) is 24.3 Å². The van der Waals surface area contributed by atoms with Gasteiger partial charge in [-0.25, -0.2) is 0 Å². The first-order valence-corrected chi connectivity index (χ1v) is 5.76. The first kappa shape index (κ1) is 10.7. The van der Waals surface area contributed by atoms with Crippen LogP contribution in [0.25, 0.3) is 0 Å². The highest BCUT2D eigenvalue weighted by atomic mass is 15.2. The van der Waals surface area contributed by atoms with E-state index in [4.69, 9.17) is 0 Å². The quantitative estimate of drug-likeness (QED) is 0.805. The highest BCUT2D eigenvalue weighted by Crippen LogP contribution is 2.19. The predicted molar refractivity (Wildman–Crippen MR) is 63.9 cm³/mol. The molecule has 0 aromatic heterocycles. The second kappa shape index (κ2) is 4.77. The fraction of sp³-hybridized carbons (Fsp3) is 0.538. The van der Waals surface area contributed by atoms with E-state index in [9.17, 15) is 0 Å². The van der Waals surface area contributed by atoms with Crippen molar-refractivity contribution in [2.75, 3.05) is 20.1 Å². The third-order valence-corrected chi connectivity index (χ3v) is 3.28. The minimum atomic E-state index is 0.628. The zero-order chi connectivity index (χ0) is 10.7. The van der Waals surface area contributed by atoms with Crippen LogP contribution in [0.4, 0.5) is 0 Å². The molecule has 0 amide bonds. The Bertz CT molecular complexity index is 322. The summed E-state index contributed by atoms with van der Waals surface area (Å²) in [7, 11) is 2.02. The lowest BCUT2D eigenvalue weighted by Crippen LogP contribution is -2.42. The molecule has 1 N–H and O–H groups in total. The second-order valence-corrected chi connectivity index (χ2v) is 4.40. The van der Waals surface area contributed by atoms with E-state index in [1.807, 2.05) is 7.05 Å². The third kappa shape index (κ3) is 2.39. The van der Waals surface area contributed by atoms with E-state index < -0.39 is 0 Å². The van der Waals surface area contributed by atoms with Crippen molar-refractivity contribution in [2.24, 2.45) is 0 Å². The minimum absolute atomic E-state index is 0.628. The van der Waals surface area contributed by atoms with E-state index in [2.05, 4.69) is 41.4 Å². The monoisotopic (exact) mass is 204 g/mol. The van der Waals surface area contributed by atoms with Gasteiger partial charge in [0.2, 0.25) is 0 Å². The van der Waals surface area contributed by atoms with Crippen molar-refractivity contribution in [3.05, 3.63) is 35.4 Å². The summed E-state index contributed by atoms with van der Waals surface area (Å²) in [5, 5.41) is 3.25. The molecule has 1 aliphatic heterocycles. The Morgan fingerprint density at radius 1 is 1.33 bits per heavy atom. The fourth-order valence-corrected chi connectivity index (χ4v) is 2.32. The standard InChI is InChI=1S/C13H20N2/c1-11(9-14-2)15-8-7-12-5-3-4-6-13(12)10-15/h3-6,11,14H,7-10H2,1-2H3. The van der Waals surface area contributed by atoms with Gasteiger partial charge in [-0.05, 0) is 31.5 Å². The zero-order valence-electron chi connectivity index (χ0n) is 9.66. The largest absolute Gasteiger partial charge is 0.318 e. The predicted octanol–water partition coefficient (Wildman–Crippen LogP) is 1.65. The molecule has 82 valence electrons. The summed E-state index contributed by atoms with van der Waals surface area (Å²) < 4.78 is 0. The Balaban J connectivity index is 2.05. The lowest BCUT2D eigenvalue weighted by atomic mass is 9.99.